The number of anilines is 1. The molecule has 1 aromatic heterocycles. The van der Waals surface area contributed by atoms with Crippen molar-refractivity contribution in [3.8, 4) is 11.5 Å². The van der Waals surface area contributed by atoms with Crippen LogP contribution in [-0.2, 0) is 15.4 Å². The number of methoxy groups -OCH3 is 2. The van der Waals surface area contributed by atoms with Gasteiger partial charge in [0.15, 0.2) is 0 Å². The fourth-order valence-electron chi connectivity index (χ4n) is 5.76. The van der Waals surface area contributed by atoms with E-state index >= 15 is 0 Å². The summed E-state index contributed by atoms with van der Waals surface area (Å²) in [7, 11) is -0.520. The molecule has 5 rings (SSSR count). The van der Waals surface area contributed by atoms with Gasteiger partial charge in [0.05, 0.1) is 24.6 Å². The number of hydrogen-bond acceptors (Lipinski definition) is 5. The van der Waals surface area contributed by atoms with E-state index in [4.69, 9.17) is 9.47 Å². The lowest BCUT2D eigenvalue weighted by Crippen LogP contribution is -2.45. The summed E-state index contributed by atoms with van der Waals surface area (Å²) in [6, 6.07) is 18.6. The third-order valence-electron chi connectivity index (χ3n) is 7.20. The molecule has 1 atom stereocenters. The van der Waals surface area contributed by atoms with Crippen LogP contribution in [0.1, 0.15) is 43.9 Å². The maximum Gasteiger partial charge on any atom is 0.268 e. The lowest BCUT2D eigenvalue weighted by Gasteiger charge is -2.46. The van der Waals surface area contributed by atoms with Crippen molar-refractivity contribution in [2.45, 2.75) is 50.0 Å². The first-order valence-corrected chi connectivity index (χ1v) is 13.4. The molecular formula is C29H32N2O4S. The first-order chi connectivity index (χ1) is 17.0. The average Bonchev–Trinajstić information content (AvgIpc) is 3.24. The molecule has 0 spiro atoms. The van der Waals surface area contributed by atoms with Gasteiger partial charge in [-0.05, 0) is 51.0 Å². The van der Waals surface area contributed by atoms with Gasteiger partial charge in [-0.2, -0.15) is 0 Å². The Labute approximate surface area is 212 Å². The lowest BCUT2D eigenvalue weighted by molar-refractivity contribution is 0.346. The van der Waals surface area contributed by atoms with Crippen LogP contribution in [0.4, 0.5) is 5.69 Å². The van der Waals surface area contributed by atoms with E-state index in [9.17, 15) is 8.42 Å². The zero-order valence-electron chi connectivity index (χ0n) is 21.5. The molecule has 2 heterocycles. The van der Waals surface area contributed by atoms with Gasteiger partial charge in [0.25, 0.3) is 10.0 Å². The van der Waals surface area contributed by atoms with E-state index in [2.05, 4.69) is 26.1 Å². The molecule has 0 unspecified atom stereocenters. The summed E-state index contributed by atoms with van der Waals surface area (Å²) < 4.78 is 40.5. The van der Waals surface area contributed by atoms with Gasteiger partial charge in [0, 0.05) is 45.9 Å². The molecule has 188 valence electrons. The van der Waals surface area contributed by atoms with Gasteiger partial charge in [0.1, 0.15) is 11.5 Å². The summed E-state index contributed by atoms with van der Waals surface area (Å²) in [4.78, 5) is 0.263. The van der Waals surface area contributed by atoms with E-state index in [0.29, 0.717) is 17.0 Å². The summed E-state index contributed by atoms with van der Waals surface area (Å²) >= 11 is 0. The first-order valence-electron chi connectivity index (χ1n) is 12.0. The monoisotopic (exact) mass is 504 g/mol. The SMILES string of the molecule is COc1cc2c(c(OC)c1)[C@@](C)(c1cn(S(=O)(=O)c3ccc(C)cc3)c3ccccc13)CC(C)(C)N2. The van der Waals surface area contributed by atoms with Crippen molar-refractivity contribution >= 4 is 26.6 Å². The zero-order valence-corrected chi connectivity index (χ0v) is 22.4. The quantitative estimate of drug-likeness (QED) is 0.355. The van der Waals surface area contributed by atoms with Gasteiger partial charge >= 0.3 is 0 Å². The Balaban J connectivity index is 1.81. The van der Waals surface area contributed by atoms with Gasteiger partial charge in [-0.1, -0.05) is 42.8 Å². The van der Waals surface area contributed by atoms with Gasteiger partial charge < -0.3 is 14.8 Å². The van der Waals surface area contributed by atoms with Gasteiger partial charge in [0.2, 0.25) is 0 Å². The summed E-state index contributed by atoms with van der Waals surface area (Å²) in [6.07, 6.45) is 2.53. The number of ether oxygens (including phenoxy) is 2. The van der Waals surface area contributed by atoms with Crippen molar-refractivity contribution < 1.29 is 17.9 Å². The zero-order chi connectivity index (χ0) is 25.9. The molecule has 3 aromatic carbocycles. The molecule has 4 aromatic rings. The van der Waals surface area contributed by atoms with Crippen LogP contribution in [0, 0.1) is 6.92 Å². The van der Waals surface area contributed by atoms with Gasteiger partial charge in [-0.3, -0.25) is 0 Å². The largest absolute Gasteiger partial charge is 0.497 e. The van der Waals surface area contributed by atoms with Crippen molar-refractivity contribution in [3.63, 3.8) is 0 Å². The Bertz CT molecular complexity index is 1570. The number of aryl methyl sites for hydroxylation is 1. The second-order valence-corrected chi connectivity index (χ2v) is 12.3. The number of para-hydroxylation sites is 1. The Morgan fingerprint density at radius 2 is 1.64 bits per heavy atom. The van der Waals surface area contributed by atoms with Gasteiger partial charge in [-0.15, -0.1) is 0 Å². The molecule has 36 heavy (non-hydrogen) atoms. The van der Waals surface area contributed by atoms with E-state index in [-0.39, 0.29) is 10.4 Å². The molecule has 0 aliphatic carbocycles. The molecule has 0 saturated heterocycles. The average molecular weight is 505 g/mol. The maximum absolute atomic E-state index is 13.8. The van der Waals surface area contributed by atoms with Crippen molar-refractivity contribution in [1.82, 2.24) is 3.97 Å². The number of fused-ring (bicyclic) bond motifs is 2. The van der Waals surface area contributed by atoms with Crippen molar-refractivity contribution in [1.29, 1.82) is 0 Å². The molecular weight excluding hydrogens is 472 g/mol. The van der Waals surface area contributed by atoms with E-state index in [1.165, 1.54) is 3.97 Å². The molecule has 0 radical (unpaired) electrons. The molecule has 6 nitrogen and oxygen atoms in total. The number of nitrogens with one attached hydrogen (secondary N) is 1. The highest BCUT2D eigenvalue weighted by atomic mass is 32.2. The Hall–Kier alpha value is -3.45. The minimum atomic E-state index is -3.81. The highest BCUT2D eigenvalue weighted by Crippen LogP contribution is 2.54. The maximum atomic E-state index is 13.8. The van der Waals surface area contributed by atoms with E-state index in [0.717, 1.165) is 34.2 Å². The predicted octanol–water partition coefficient (Wildman–Crippen LogP) is 6.10. The molecule has 1 aliphatic rings. The van der Waals surface area contributed by atoms with Crippen LogP contribution >= 0.6 is 0 Å². The molecule has 0 saturated carbocycles. The molecule has 7 heteroatoms. The van der Waals surface area contributed by atoms with Crippen molar-refractivity contribution in [2.75, 3.05) is 19.5 Å². The minimum absolute atomic E-state index is 0.263. The fraction of sp³-hybridized carbons (Fsp3) is 0.310. The fourth-order valence-corrected chi connectivity index (χ4v) is 7.13. The first kappa shape index (κ1) is 24.3. The topological polar surface area (TPSA) is 69.6 Å². The van der Waals surface area contributed by atoms with E-state index in [1.54, 1.807) is 32.5 Å². The molecule has 0 fully saturated rings. The summed E-state index contributed by atoms with van der Waals surface area (Å²) in [5, 5.41) is 4.54. The predicted molar refractivity (Wildman–Crippen MR) is 144 cm³/mol. The second-order valence-electron chi connectivity index (χ2n) is 10.4. The third kappa shape index (κ3) is 3.73. The molecule has 1 N–H and O–H groups in total. The van der Waals surface area contributed by atoms with E-state index < -0.39 is 15.4 Å². The number of benzene rings is 3. The highest BCUT2D eigenvalue weighted by Gasteiger charge is 2.45. The minimum Gasteiger partial charge on any atom is -0.497 e. The Morgan fingerprint density at radius 3 is 2.31 bits per heavy atom. The number of rotatable bonds is 5. The smallest absolute Gasteiger partial charge is 0.268 e. The standard InChI is InChI=1S/C29H32N2O4S/c1-19-11-13-21(14-12-19)36(32,33)31-17-23(22-9-7-8-10-25(22)31)29(4)18-28(2,3)30-24-15-20(34-5)16-26(35-6)27(24)29/h7-17,30H,18H2,1-6H3/t29-/m1/s1. The second kappa shape index (κ2) is 8.30. The van der Waals surface area contributed by atoms with Crippen LogP contribution in [0.15, 0.2) is 71.8 Å². The van der Waals surface area contributed by atoms with Crippen LogP contribution in [0.3, 0.4) is 0 Å². The van der Waals surface area contributed by atoms with Crippen LogP contribution in [0.5, 0.6) is 11.5 Å². The normalized spacial score (nSPS) is 18.9. The Morgan fingerprint density at radius 1 is 0.944 bits per heavy atom. The van der Waals surface area contributed by atoms with Crippen LogP contribution in [0.25, 0.3) is 10.9 Å². The highest BCUT2D eigenvalue weighted by molar-refractivity contribution is 7.90. The van der Waals surface area contributed by atoms with Crippen LogP contribution in [0.2, 0.25) is 0 Å². The van der Waals surface area contributed by atoms with Gasteiger partial charge in [-0.25, -0.2) is 12.4 Å². The summed E-state index contributed by atoms with van der Waals surface area (Å²) in [5.41, 5.74) is 3.69. The molecule has 1 aliphatic heterocycles. The third-order valence-corrected chi connectivity index (χ3v) is 8.89. The van der Waals surface area contributed by atoms with E-state index in [1.807, 2.05) is 55.5 Å². The molecule has 0 amide bonds. The number of nitrogens with zero attached hydrogens (tertiary/aromatic N) is 1. The summed E-state index contributed by atoms with van der Waals surface area (Å²) in [6.45, 7) is 8.43. The number of aromatic nitrogens is 1. The Kier molecular flexibility index (Phi) is 5.59. The number of hydrogen-bond donors (Lipinski definition) is 1. The summed E-state index contributed by atoms with van der Waals surface area (Å²) in [5.74, 6) is 1.40. The van der Waals surface area contributed by atoms with Crippen LogP contribution < -0.4 is 14.8 Å². The van der Waals surface area contributed by atoms with Crippen molar-refractivity contribution in [3.05, 3.63) is 83.6 Å². The molecule has 0 bridgehead atoms. The lowest BCUT2D eigenvalue weighted by atomic mass is 9.65. The van der Waals surface area contributed by atoms with Crippen molar-refractivity contribution in [2.24, 2.45) is 0 Å². The van der Waals surface area contributed by atoms with Crippen LogP contribution in [-0.4, -0.2) is 32.1 Å².